The molecule has 1 aliphatic rings. The fourth-order valence-electron chi connectivity index (χ4n) is 3.20. The van der Waals surface area contributed by atoms with Crippen LogP contribution in [0.1, 0.15) is 11.1 Å². The van der Waals surface area contributed by atoms with Crippen LogP contribution in [0.5, 0.6) is 5.75 Å². The molecular formula is C23H14ClFN2O7S2. The van der Waals surface area contributed by atoms with Crippen LogP contribution in [0.2, 0.25) is 5.02 Å². The third-order valence-electron chi connectivity index (χ3n) is 4.99. The van der Waals surface area contributed by atoms with E-state index in [0.717, 1.165) is 35.2 Å². The Hall–Kier alpha value is -3.74. The maximum atomic E-state index is 14.2. The second-order valence-electron chi connectivity index (χ2n) is 7.29. The van der Waals surface area contributed by atoms with Crippen molar-refractivity contribution >= 4 is 56.4 Å². The zero-order chi connectivity index (χ0) is 26.0. The van der Waals surface area contributed by atoms with Crippen LogP contribution in [0.4, 0.5) is 14.9 Å². The minimum Gasteiger partial charge on any atom is -0.378 e. The quantitative estimate of drug-likeness (QED) is 0.166. The number of carbonyl (C=O) groups excluding carboxylic acids is 2. The van der Waals surface area contributed by atoms with Gasteiger partial charge in [0.15, 0.2) is 0 Å². The van der Waals surface area contributed by atoms with E-state index in [2.05, 4.69) is 0 Å². The molecular weight excluding hydrogens is 535 g/mol. The van der Waals surface area contributed by atoms with Crippen LogP contribution in [-0.4, -0.2) is 29.4 Å². The standard InChI is InChI=1S/C23H14ClFN2O7S2/c24-18-5-3-6-19(25)17(18)13-26-22(28)21(35-23(26)29)12-14-4-1-2-7-20(14)34-36(32,33)16-10-8-15(9-11-16)27(30)31/h1-12H,13H2/b21-12-. The number of rotatable bonds is 7. The number of nitro groups is 1. The topological polar surface area (TPSA) is 124 Å². The third kappa shape index (κ3) is 5.25. The van der Waals surface area contributed by atoms with Crippen LogP contribution in [-0.2, 0) is 21.5 Å². The van der Waals surface area contributed by atoms with Crippen molar-refractivity contribution in [3.63, 3.8) is 0 Å². The largest absolute Gasteiger partial charge is 0.378 e. The molecule has 13 heteroatoms. The summed E-state index contributed by atoms with van der Waals surface area (Å²) in [6, 6.07) is 14.0. The summed E-state index contributed by atoms with van der Waals surface area (Å²) >= 11 is 6.61. The minimum absolute atomic E-state index is 0.0133. The Morgan fingerprint density at radius 2 is 1.75 bits per heavy atom. The molecule has 1 heterocycles. The second kappa shape index (κ2) is 10.1. The molecule has 0 N–H and O–H groups in total. The number of thioether (sulfide) groups is 1. The molecule has 0 aliphatic carbocycles. The van der Waals surface area contributed by atoms with Gasteiger partial charge in [0.2, 0.25) is 0 Å². The van der Waals surface area contributed by atoms with E-state index >= 15 is 0 Å². The van der Waals surface area contributed by atoms with Gasteiger partial charge in [-0.2, -0.15) is 8.42 Å². The van der Waals surface area contributed by atoms with Crippen LogP contribution in [0.25, 0.3) is 6.08 Å². The lowest BCUT2D eigenvalue weighted by Gasteiger charge is -2.14. The van der Waals surface area contributed by atoms with Crippen LogP contribution >= 0.6 is 23.4 Å². The second-order valence-corrected chi connectivity index (χ2v) is 10.2. The molecule has 4 rings (SSSR count). The van der Waals surface area contributed by atoms with Gasteiger partial charge in [0.25, 0.3) is 16.8 Å². The predicted octanol–water partition coefficient (Wildman–Crippen LogP) is 5.39. The summed E-state index contributed by atoms with van der Waals surface area (Å²) < 4.78 is 44.8. The first-order valence-electron chi connectivity index (χ1n) is 10.0. The zero-order valence-electron chi connectivity index (χ0n) is 18.0. The molecule has 2 amide bonds. The van der Waals surface area contributed by atoms with Crippen LogP contribution in [0.3, 0.4) is 0 Å². The van der Waals surface area contributed by atoms with Crippen molar-refractivity contribution in [3.05, 3.63) is 104 Å². The van der Waals surface area contributed by atoms with E-state index in [0.29, 0.717) is 11.8 Å². The number of amides is 2. The molecule has 36 heavy (non-hydrogen) atoms. The Labute approximate surface area is 213 Å². The van der Waals surface area contributed by atoms with E-state index in [1.54, 1.807) is 6.07 Å². The number of benzene rings is 3. The van der Waals surface area contributed by atoms with Gasteiger partial charge < -0.3 is 4.18 Å². The molecule has 1 fully saturated rings. The smallest absolute Gasteiger partial charge is 0.339 e. The van der Waals surface area contributed by atoms with Crippen molar-refractivity contribution in [3.8, 4) is 5.75 Å². The fraction of sp³-hybridized carbons (Fsp3) is 0.0435. The van der Waals surface area contributed by atoms with Crippen molar-refractivity contribution in [2.45, 2.75) is 11.4 Å². The number of imide groups is 1. The van der Waals surface area contributed by atoms with E-state index in [-0.39, 0.29) is 43.9 Å². The molecule has 3 aromatic rings. The van der Waals surface area contributed by atoms with Crippen LogP contribution < -0.4 is 4.18 Å². The fourth-order valence-corrected chi connectivity index (χ4v) is 5.20. The van der Waals surface area contributed by atoms with Crippen molar-refractivity contribution in [1.29, 1.82) is 0 Å². The summed E-state index contributed by atoms with van der Waals surface area (Å²) in [5.74, 6) is -1.52. The van der Waals surface area contributed by atoms with Gasteiger partial charge in [-0.25, -0.2) is 4.39 Å². The van der Waals surface area contributed by atoms with Crippen molar-refractivity contribution in [2.75, 3.05) is 0 Å². The van der Waals surface area contributed by atoms with E-state index < -0.39 is 32.0 Å². The first-order chi connectivity index (χ1) is 17.1. The third-order valence-corrected chi connectivity index (χ3v) is 7.50. The Kier molecular flexibility index (Phi) is 7.11. The molecule has 1 aliphatic heterocycles. The Morgan fingerprint density at radius 3 is 2.42 bits per heavy atom. The number of nitrogens with zero attached hydrogens (tertiary/aromatic N) is 2. The molecule has 0 atom stereocenters. The molecule has 0 saturated carbocycles. The van der Waals surface area contributed by atoms with Crippen molar-refractivity contribution in [2.24, 2.45) is 0 Å². The van der Waals surface area contributed by atoms with E-state index in [1.165, 1.54) is 36.4 Å². The van der Waals surface area contributed by atoms with Crippen LogP contribution in [0.15, 0.2) is 76.5 Å². The number of non-ortho nitro benzene ring substituents is 1. The maximum Gasteiger partial charge on any atom is 0.339 e. The van der Waals surface area contributed by atoms with Gasteiger partial charge in [-0.3, -0.25) is 24.6 Å². The molecule has 9 nitrogen and oxygen atoms in total. The summed E-state index contributed by atoms with van der Waals surface area (Å²) in [4.78, 5) is 36.0. The first kappa shape index (κ1) is 25.4. The minimum atomic E-state index is -4.37. The number of para-hydroxylation sites is 1. The maximum absolute atomic E-state index is 14.2. The average molecular weight is 549 g/mol. The van der Waals surface area contributed by atoms with E-state index in [4.69, 9.17) is 15.8 Å². The summed E-state index contributed by atoms with van der Waals surface area (Å²) in [5, 5.41) is 10.2. The summed E-state index contributed by atoms with van der Waals surface area (Å²) in [6.45, 7) is -0.375. The lowest BCUT2D eigenvalue weighted by molar-refractivity contribution is -0.384. The average Bonchev–Trinajstić information content (AvgIpc) is 3.09. The van der Waals surface area contributed by atoms with Gasteiger partial charge in [-0.1, -0.05) is 35.9 Å². The van der Waals surface area contributed by atoms with Gasteiger partial charge in [0.1, 0.15) is 16.5 Å². The molecule has 0 radical (unpaired) electrons. The molecule has 0 aromatic heterocycles. The SMILES string of the molecule is O=C1S/C(=C\c2ccccc2OS(=O)(=O)c2ccc([N+](=O)[O-])cc2)C(=O)N1Cc1c(F)cccc1Cl. The zero-order valence-corrected chi connectivity index (χ0v) is 20.3. The number of nitro benzene ring substituents is 1. The predicted molar refractivity (Wildman–Crippen MR) is 130 cm³/mol. The van der Waals surface area contributed by atoms with Gasteiger partial charge in [-0.05, 0) is 48.2 Å². The highest BCUT2D eigenvalue weighted by atomic mass is 35.5. The van der Waals surface area contributed by atoms with E-state index in [1.807, 2.05) is 0 Å². The van der Waals surface area contributed by atoms with Crippen molar-refractivity contribution in [1.82, 2.24) is 4.90 Å². The molecule has 0 bridgehead atoms. The monoisotopic (exact) mass is 548 g/mol. The molecule has 3 aromatic carbocycles. The summed E-state index contributed by atoms with van der Waals surface area (Å²) in [7, 11) is -4.37. The van der Waals surface area contributed by atoms with Crippen LogP contribution in [0, 0.1) is 15.9 Å². The number of hydrogen-bond donors (Lipinski definition) is 0. The van der Waals surface area contributed by atoms with Crippen molar-refractivity contribution < 1.29 is 31.5 Å². The van der Waals surface area contributed by atoms with Gasteiger partial charge in [0, 0.05) is 28.3 Å². The summed E-state index contributed by atoms with van der Waals surface area (Å²) in [6.07, 6.45) is 1.29. The normalized spacial score (nSPS) is 14.9. The van der Waals surface area contributed by atoms with Gasteiger partial charge >= 0.3 is 10.1 Å². The lowest BCUT2D eigenvalue weighted by Crippen LogP contribution is -2.28. The highest BCUT2D eigenvalue weighted by Crippen LogP contribution is 2.36. The number of halogens is 2. The summed E-state index contributed by atoms with van der Waals surface area (Å²) in [5.41, 5.74) is -0.125. The lowest BCUT2D eigenvalue weighted by atomic mass is 10.1. The molecule has 184 valence electrons. The van der Waals surface area contributed by atoms with Gasteiger partial charge in [0.05, 0.1) is 16.4 Å². The van der Waals surface area contributed by atoms with E-state index in [9.17, 15) is 32.5 Å². The molecule has 0 spiro atoms. The highest BCUT2D eigenvalue weighted by Gasteiger charge is 2.36. The first-order valence-corrected chi connectivity index (χ1v) is 12.6. The molecule has 1 saturated heterocycles. The Morgan fingerprint density at radius 1 is 1.06 bits per heavy atom. The Bertz CT molecular complexity index is 1510. The van der Waals surface area contributed by atoms with Gasteiger partial charge in [-0.15, -0.1) is 0 Å². The molecule has 0 unspecified atom stereocenters. The highest BCUT2D eigenvalue weighted by molar-refractivity contribution is 8.18. The Balaban J connectivity index is 1.60. The number of hydrogen-bond acceptors (Lipinski definition) is 8. The number of carbonyl (C=O) groups is 2.